The van der Waals surface area contributed by atoms with Gasteiger partial charge in [0, 0.05) is 16.9 Å². The number of benzene rings is 1. The number of ether oxygens (including phenoxy) is 2. The molecule has 8 heteroatoms. The molecular weight excluding hydrogens is 378 g/mol. The van der Waals surface area contributed by atoms with Crippen LogP contribution in [-0.2, 0) is 11.2 Å². The number of carbonyl (C=O) groups is 1. The number of rotatable bonds is 8. The third-order valence-electron chi connectivity index (χ3n) is 4.05. The normalized spacial score (nSPS) is 10.5. The molecule has 1 aromatic carbocycles. The zero-order valence-electron chi connectivity index (χ0n) is 15.9. The summed E-state index contributed by atoms with van der Waals surface area (Å²) in [5.41, 5.74) is 2.78. The molecular formula is C20H21N3O4S. The van der Waals surface area contributed by atoms with Gasteiger partial charge in [-0.05, 0) is 49.7 Å². The Labute approximate surface area is 167 Å². The van der Waals surface area contributed by atoms with Crippen molar-refractivity contribution in [1.29, 1.82) is 0 Å². The Bertz CT molecular complexity index is 970. The highest BCUT2D eigenvalue weighted by atomic mass is 32.1. The van der Waals surface area contributed by atoms with Crippen LogP contribution in [0.4, 0.5) is 11.5 Å². The summed E-state index contributed by atoms with van der Waals surface area (Å²) in [4.78, 5) is 20.9. The number of carboxylic acid groups (broad SMARTS) is 1. The second-order valence-electron chi connectivity index (χ2n) is 5.97. The first-order valence-corrected chi connectivity index (χ1v) is 9.55. The largest absolute Gasteiger partial charge is 0.487 e. The fourth-order valence-electron chi connectivity index (χ4n) is 2.70. The topological polar surface area (TPSA) is 93.6 Å². The van der Waals surface area contributed by atoms with Gasteiger partial charge in [0.05, 0.1) is 12.0 Å². The molecule has 3 aromatic rings. The molecule has 0 spiro atoms. The van der Waals surface area contributed by atoms with E-state index in [9.17, 15) is 4.79 Å². The van der Waals surface area contributed by atoms with E-state index in [-0.39, 0.29) is 6.61 Å². The van der Waals surface area contributed by atoms with E-state index >= 15 is 0 Å². The molecule has 0 atom stereocenters. The van der Waals surface area contributed by atoms with Crippen LogP contribution in [0.15, 0.2) is 36.4 Å². The minimum Gasteiger partial charge on any atom is -0.487 e. The van der Waals surface area contributed by atoms with E-state index in [1.165, 1.54) is 11.3 Å². The van der Waals surface area contributed by atoms with E-state index in [2.05, 4.69) is 17.2 Å². The van der Waals surface area contributed by atoms with Gasteiger partial charge in [-0.1, -0.05) is 18.3 Å². The Morgan fingerprint density at radius 3 is 2.54 bits per heavy atom. The van der Waals surface area contributed by atoms with E-state index in [0.717, 1.165) is 39.1 Å². The number of anilines is 2. The Hall–Kier alpha value is -3.13. The molecule has 28 heavy (non-hydrogen) atoms. The summed E-state index contributed by atoms with van der Waals surface area (Å²) in [7, 11) is 1.64. The highest BCUT2D eigenvalue weighted by Crippen LogP contribution is 2.33. The molecule has 7 nitrogen and oxygen atoms in total. The van der Waals surface area contributed by atoms with Gasteiger partial charge < -0.3 is 19.9 Å². The van der Waals surface area contributed by atoms with E-state index in [0.29, 0.717) is 11.6 Å². The lowest BCUT2D eigenvalue weighted by atomic mass is 10.1. The summed E-state index contributed by atoms with van der Waals surface area (Å²) in [5.74, 6) is 0.876. The molecule has 0 aliphatic carbocycles. The summed E-state index contributed by atoms with van der Waals surface area (Å²) in [6, 6.07) is 10.9. The van der Waals surface area contributed by atoms with Crippen LogP contribution in [-0.4, -0.2) is 34.8 Å². The van der Waals surface area contributed by atoms with Crippen LogP contribution in [0.3, 0.4) is 0 Å². The van der Waals surface area contributed by atoms with Gasteiger partial charge in [0.1, 0.15) is 11.6 Å². The number of nitrogens with one attached hydrogen (secondary N) is 1. The second-order valence-corrected chi connectivity index (χ2v) is 7.01. The first kappa shape index (κ1) is 19.6. The summed E-state index contributed by atoms with van der Waals surface area (Å²) in [5, 5.41) is 12.8. The third kappa shape index (κ3) is 4.58. The molecule has 3 rings (SSSR count). The third-order valence-corrected chi connectivity index (χ3v) is 5.09. The average Bonchev–Trinajstić information content (AvgIpc) is 3.16. The second kappa shape index (κ2) is 8.71. The lowest BCUT2D eigenvalue weighted by molar-refractivity contribution is -0.139. The Kier molecular flexibility index (Phi) is 6.10. The van der Waals surface area contributed by atoms with Gasteiger partial charge in [-0.25, -0.2) is 14.8 Å². The number of aryl methyl sites for hydroxylation is 1. The van der Waals surface area contributed by atoms with Gasteiger partial charge in [-0.3, -0.25) is 0 Å². The Balaban J connectivity index is 1.86. The molecule has 0 aliphatic heterocycles. The average molecular weight is 399 g/mol. The maximum absolute atomic E-state index is 10.6. The van der Waals surface area contributed by atoms with Crippen LogP contribution >= 0.6 is 11.3 Å². The molecule has 0 saturated carbocycles. The summed E-state index contributed by atoms with van der Waals surface area (Å²) < 4.78 is 10.4. The molecule has 2 N–H and O–H groups in total. The van der Waals surface area contributed by atoms with Crippen molar-refractivity contribution in [3.8, 4) is 21.5 Å². The Morgan fingerprint density at radius 2 is 1.93 bits per heavy atom. The molecule has 0 saturated heterocycles. The molecule has 2 aromatic heterocycles. The van der Waals surface area contributed by atoms with Crippen molar-refractivity contribution in [1.82, 2.24) is 9.97 Å². The fraction of sp³-hybridized carbons (Fsp3) is 0.250. The highest BCUT2D eigenvalue weighted by molar-refractivity contribution is 7.17. The zero-order chi connectivity index (χ0) is 20.1. The number of carboxylic acids is 1. The molecule has 0 fully saturated rings. The molecule has 0 bridgehead atoms. The van der Waals surface area contributed by atoms with Crippen molar-refractivity contribution in [3.05, 3.63) is 47.7 Å². The standard InChI is InChI=1S/C20H21N3O4S/c1-4-15-12(2)21-20(16-9-10-18(26-3)28-16)23-19(15)22-13-5-7-14(8-6-13)27-11-17(24)25/h5-10H,4,11H2,1-3H3,(H,24,25)(H,21,22,23). The van der Waals surface area contributed by atoms with Crippen molar-refractivity contribution in [2.24, 2.45) is 0 Å². The van der Waals surface area contributed by atoms with Gasteiger partial charge >= 0.3 is 5.97 Å². The molecule has 146 valence electrons. The number of thiophene rings is 1. The van der Waals surface area contributed by atoms with Crippen molar-refractivity contribution in [3.63, 3.8) is 0 Å². The number of methoxy groups -OCH3 is 1. The van der Waals surface area contributed by atoms with Crippen LogP contribution < -0.4 is 14.8 Å². The maximum Gasteiger partial charge on any atom is 0.341 e. The maximum atomic E-state index is 10.6. The molecule has 0 aliphatic rings. The van der Waals surface area contributed by atoms with E-state index in [1.807, 2.05) is 31.2 Å². The SMILES string of the molecule is CCc1c(C)nc(-c2ccc(OC)s2)nc1Nc1ccc(OCC(=O)O)cc1. The molecule has 0 amide bonds. The summed E-state index contributed by atoms with van der Waals surface area (Å²) in [6.45, 7) is 3.67. The number of aliphatic carboxylic acids is 1. The number of aromatic nitrogens is 2. The van der Waals surface area contributed by atoms with Crippen LogP contribution in [0.25, 0.3) is 10.7 Å². The quantitative estimate of drug-likeness (QED) is 0.583. The van der Waals surface area contributed by atoms with Gasteiger partial charge in [0.15, 0.2) is 17.5 Å². The first-order valence-electron chi connectivity index (χ1n) is 8.73. The van der Waals surface area contributed by atoms with Gasteiger partial charge in [-0.2, -0.15) is 0 Å². The van der Waals surface area contributed by atoms with E-state index in [4.69, 9.17) is 19.6 Å². The predicted molar refractivity (Wildman–Crippen MR) is 109 cm³/mol. The number of hydrogen-bond acceptors (Lipinski definition) is 7. The van der Waals surface area contributed by atoms with Crippen LogP contribution in [0.2, 0.25) is 0 Å². The number of nitrogens with zero attached hydrogens (tertiary/aromatic N) is 2. The van der Waals surface area contributed by atoms with Crippen molar-refractivity contribution < 1.29 is 19.4 Å². The fourth-order valence-corrected chi connectivity index (χ4v) is 3.45. The zero-order valence-corrected chi connectivity index (χ0v) is 16.7. The lowest BCUT2D eigenvalue weighted by Crippen LogP contribution is -2.09. The highest BCUT2D eigenvalue weighted by Gasteiger charge is 2.14. The minimum absolute atomic E-state index is 0.370. The van der Waals surface area contributed by atoms with Gasteiger partial charge in [-0.15, -0.1) is 0 Å². The van der Waals surface area contributed by atoms with Crippen molar-refractivity contribution in [2.45, 2.75) is 20.3 Å². The number of hydrogen-bond donors (Lipinski definition) is 2. The Morgan fingerprint density at radius 1 is 1.18 bits per heavy atom. The monoisotopic (exact) mass is 399 g/mol. The molecule has 0 radical (unpaired) electrons. The van der Waals surface area contributed by atoms with Gasteiger partial charge in [0.25, 0.3) is 0 Å². The summed E-state index contributed by atoms with van der Waals surface area (Å²) in [6.07, 6.45) is 0.794. The van der Waals surface area contributed by atoms with Crippen LogP contribution in [0, 0.1) is 6.92 Å². The van der Waals surface area contributed by atoms with Crippen LogP contribution in [0.1, 0.15) is 18.2 Å². The van der Waals surface area contributed by atoms with Gasteiger partial charge in [0.2, 0.25) is 0 Å². The molecule has 2 heterocycles. The molecule has 0 unspecified atom stereocenters. The van der Waals surface area contributed by atoms with E-state index < -0.39 is 5.97 Å². The van der Waals surface area contributed by atoms with E-state index in [1.54, 1.807) is 19.2 Å². The smallest absolute Gasteiger partial charge is 0.341 e. The minimum atomic E-state index is -1.01. The predicted octanol–water partition coefficient (Wildman–Crippen LogP) is 4.29. The van der Waals surface area contributed by atoms with Crippen LogP contribution in [0.5, 0.6) is 10.8 Å². The van der Waals surface area contributed by atoms with Crippen molar-refractivity contribution >= 4 is 28.8 Å². The first-order chi connectivity index (χ1) is 13.5. The van der Waals surface area contributed by atoms with Crippen molar-refractivity contribution in [2.75, 3.05) is 19.0 Å². The lowest BCUT2D eigenvalue weighted by Gasteiger charge is -2.14. The summed E-state index contributed by atoms with van der Waals surface area (Å²) >= 11 is 1.49.